The summed E-state index contributed by atoms with van der Waals surface area (Å²) in [6.45, 7) is 0.347. The fraction of sp³-hybridized carbons (Fsp3) is 0.176. The summed E-state index contributed by atoms with van der Waals surface area (Å²) in [7, 11) is 1.49. The number of benzene rings is 1. The van der Waals surface area contributed by atoms with Crippen LogP contribution in [0.4, 0.5) is 4.39 Å². The average molecular weight is 331 g/mol. The molecule has 0 spiro atoms. The number of carbonyl (C=O) groups is 1. The van der Waals surface area contributed by atoms with Crippen LogP contribution in [0.25, 0.3) is 16.5 Å². The van der Waals surface area contributed by atoms with E-state index < -0.39 is 5.97 Å². The molecule has 0 amide bonds. The van der Waals surface area contributed by atoms with Crippen LogP contribution < -0.4 is 0 Å². The summed E-state index contributed by atoms with van der Waals surface area (Å²) >= 11 is 1.29. The van der Waals surface area contributed by atoms with Crippen molar-refractivity contribution in [1.29, 1.82) is 5.26 Å². The first-order valence-electron chi connectivity index (χ1n) is 6.78. The first-order valence-corrected chi connectivity index (χ1v) is 7.60. The lowest BCUT2D eigenvalue weighted by Crippen LogP contribution is -2.10. The molecule has 6 heteroatoms. The second-order valence-corrected chi connectivity index (χ2v) is 5.60. The van der Waals surface area contributed by atoms with Crippen molar-refractivity contribution in [3.8, 4) is 16.5 Å². The maximum absolute atomic E-state index is 13.8. The van der Waals surface area contributed by atoms with E-state index >= 15 is 0 Å². The number of hydrogen-bond acceptors (Lipinski definition) is 5. The third kappa shape index (κ3) is 4.49. The molecule has 0 atom stereocenters. The molecule has 2 aromatic rings. The highest BCUT2D eigenvalue weighted by Crippen LogP contribution is 2.31. The Labute approximate surface area is 137 Å². The number of ether oxygens (including phenoxy) is 2. The molecular weight excluding hydrogens is 317 g/mol. The van der Waals surface area contributed by atoms with Gasteiger partial charge in [-0.15, -0.1) is 11.3 Å². The first kappa shape index (κ1) is 16.9. The zero-order valence-corrected chi connectivity index (χ0v) is 13.2. The number of rotatable bonds is 6. The number of nitriles is 1. The zero-order valence-electron chi connectivity index (χ0n) is 12.4. The average Bonchev–Trinajstić information content (AvgIpc) is 3.01. The Hall–Kier alpha value is -2.49. The Morgan fingerprint density at radius 3 is 2.78 bits per heavy atom. The summed E-state index contributed by atoms with van der Waals surface area (Å²) in [5.74, 6) is -1.02. The number of methoxy groups -OCH3 is 1. The smallest absolute Gasteiger partial charge is 0.349 e. The molecule has 0 fully saturated rings. The lowest BCUT2D eigenvalue weighted by Gasteiger charge is -2.02. The SMILES string of the molecule is COCCOC(=O)/C(C#N)=C/c1ccc(-c2ccccc2F)s1. The molecule has 118 valence electrons. The van der Waals surface area contributed by atoms with Gasteiger partial charge in [-0.05, 0) is 24.3 Å². The lowest BCUT2D eigenvalue weighted by atomic mass is 10.2. The predicted octanol–water partition coefficient (Wildman–Crippen LogP) is 3.65. The van der Waals surface area contributed by atoms with Crippen molar-refractivity contribution in [3.63, 3.8) is 0 Å². The summed E-state index contributed by atoms with van der Waals surface area (Å²) in [5, 5.41) is 9.08. The zero-order chi connectivity index (χ0) is 16.7. The first-order chi connectivity index (χ1) is 11.2. The number of esters is 1. The molecule has 0 aliphatic heterocycles. The number of carbonyl (C=O) groups excluding carboxylic acids is 1. The molecule has 0 saturated carbocycles. The van der Waals surface area contributed by atoms with Crippen molar-refractivity contribution in [1.82, 2.24) is 0 Å². The van der Waals surface area contributed by atoms with E-state index in [1.54, 1.807) is 30.3 Å². The quantitative estimate of drug-likeness (QED) is 0.351. The summed E-state index contributed by atoms with van der Waals surface area (Å²) in [6, 6.07) is 11.7. The van der Waals surface area contributed by atoms with Crippen molar-refractivity contribution in [3.05, 3.63) is 52.7 Å². The standard InChI is InChI=1S/C17H14FNO3S/c1-21-8-9-22-17(20)12(11-19)10-13-6-7-16(23-13)14-4-2-3-5-15(14)18/h2-7,10H,8-9H2,1H3/b12-10+. The third-order valence-electron chi connectivity index (χ3n) is 2.91. The number of halogens is 1. The summed E-state index contributed by atoms with van der Waals surface area (Å²) in [4.78, 5) is 13.2. The maximum atomic E-state index is 13.8. The van der Waals surface area contributed by atoms with E-state index in [-0.39, 0.29) is 24.6 Å². The summed E-state index contributed by atoms with van der Waals surface area (Å²) < 4.78 is 23.4. The molecule has 0 unspecified atom stereocenters. The van der Waals surface area contributed by atoms with Gasteiger partial charge in [-0.25, -0.2) is 9.18 Å². The van der Waals surface area contributed by atoms with Gasteiger partial charge in [-0.1, -0.05) is 18.2 Å². The Kier molecular flexibility index (Phi) is 6.03. The van der Waals surface area contributed by atoms with Gasteiger partial charge in [0, 0.05) is 22.4 Å². The van der Waals surface area contributed by atoms with Crippen molar-refractivity contribution < 1.29 is 18.7 Å². The van der Waals surface area contributed by atoms with Crippen LogP contribution in [0.1, 0.15) is 4.88 Å². The van der Waals surface area contributed by atoms with Gasteiger partial charge in [0.25, 0.3) is 0 Å². The fourth-order valence-corrected chi connectivity index (χ4v) is 2.79. The normalized spacial score (nSPS) is 11.1. The highest BCUT2D eigenvalue weighted by Gasteiger charge is 2.12. The minimum atomic E-state index is -0.703. The van der Waals surface area contributed by atoms with Gasteiger partial charge in [0.2, 0.25) is 0 Å². The second-order valence-electron chi connectivity index (χ2n) is 4.48. The van der Waals surface area contributed by atoms with E-state index in [1.807, 2.05) is 6.07 Å². The Balaban J connectivity index is 2.17. The highest BCUT2D eigenvalue weighted by molar-refractivity contribution is 7.16. The number of hydrogen-bond donors (Lipinski definition) is 0. The number of nitrogens with zero attached hydrogens (tertiary/aromatic N) is 1. The maximum Gasteiger partial charge on any atom is 0.349 e. The van der Waals surface area contributed by atoms with Gasteiger partial charge in [-0.2, -0.15) is 5.26 Å². The third-order valence-corrected chi connectivity index (χ3v) is 3.98. The van der Waals surface area contributed by atoms with Crippen LogP contribution in [-0.4, -0.2) is 26.3 Å². The summed E-state index contributed by atoms with van der Waals surface area (Å²) in [6.07, 6.45) is 1.43. The number of thiophene rings is 1. The lowest BCUT2D eigenvalue weighted by molar-refractivity contribution is -0.139. The summed E-state index contributed by atoms with van der Waals surface area (Å²) in [5.41, 5.74) is 0.376. The fourth-order valence-electron chi connectivity index (χ4n) is 1.81. The van der Waals surface area contributed by atoms with Crippen LogP contribution in [0.15, 0.2) is 42.0 Å². The molecule has 0 N–H and O–H groups in total. The molecule has 0 bridgehead atoms. The Morgan fingerprint density at radius 1 is 1.30 bits per heavy atom. The van der Waals surface area contributed by atoms with Crippen LogP contribution in [0, 0.1) is 17.1 Å². The topological polar surface area (TPSA) is 59.3 Å². The van der Waals surface area contributed by atoms with Gasteiger partial charge < -0.3 is 9.47 Å². The van der Waals surface area contributed by atoms with Crippen LogP contribution >= 0.6 is 11.3 Å². The van der Waals surface area contributed by atoms with Crippen LogP contribution in [0.3, 0.4) is 0 Å². The molecule has 0 saturated heterocycles. The molecule has 1 aromatic carbocycles. The van der Waals surface area contributed by atoms with Crippen molar-refractivity contribution >= 4 is 23.4 Å². The molecule has 0 aliphatic rings. The monoisotopic (exact) mass is 331 g/mol. The van der Waals surface area contributed by atoms with Gasteiger partial charge in [-0.3, -0.25) is 0 Å². The van der Waals surface area contributed by atoms with E-state index in [4.69, 9.17) is 14.7 Å². The van der Waals surface area contributed by atoms with Crippen molar-refractivity contribution in [2.45, 2.75) is 0 Å². The van der Waals surface area contributed by atoms with Crippen LogP contribution in [0.2, 0.25) is 0 Å². The van der Waals surface area contributed by atoms with Gasteiger partial charge >= 0.3 is 5.97 Å². The second kappa shape index (κ2) is 8.22. The minimum Gasteiger partial charge on any atom is -0.459 e. The van der Waals surface area contributed by atoms with E-state index in [2.05, 4.69) is 0 Å². The van der Waals surface area contributed by atoms with Gasteiger partial charge in [0.15, 0.2) is 0 Å². The molecular formula is C17H14FNO3S. The largest absolute Gasteiger partial charge is 0.459 e. The van der Waals surface area contributed by atoms with Gasteiger partial charge in [0.05, 0.1) is 6.61 Å². The molecule has 2 rings (SSSR count). The molecule has 4 nitrogen and oxygen atoms in total. The Bertz CT molecular complexity index is 761. The molecule has 1 heterocycles. The Morgan fingerprint density at radius 2 is 2.09 bits per heavy atom. The van der Waals surface area contributed by atoms with E-state index in [0.717, 1.165) is 4.88 Å². The van der Waals surface area contributed by atoms with E-state index in [9.17, 15) is 9.18 Å². The van der Waals surface area contributed by atoms with Crippen LogP contribution in [-0.2, 0) is 14.3 Å². The van der Waals surface area contributed by atoms with Crippen molar-refractivity contribution in [2.24, 2.45) is 0 Å². The van der Waals surface area contributed by atoms with Crippen LogP contribution in [0.5, 0.6) is 0 Å². The molecule has 1 aromatic heterocycles. The molecule has 0 aliphatic carbocycles. The van der Waals surface area contributed by atoms with Gasteiger partial charge in [0.1, 0.15) is 24.1 Å². The van der Waals surface area contributed by atoms with E-state index in [0.29, 0.717) is 10.4 Å². The molecule has 23 heavy (non-hydrogen) atoms. The van der Waals surface area contributed by atoms with Crippen molar-refractivity contribution in [2.75, 3.05) is 20.3 Å². The highest BCUT2D eigenvalue weighted by atomic mass is 32.1. The predicted molar refractivity (Wildman–Crippen MR) is 86.1 cm³/mol. The van der Waals surface area contributed by atoms with E-state index in [1.165, 1.54) is 30.6 Å². The molecule has 0 radical (unpaired) electrons. The minimum absolute atomic E-state index is 0.0826.